The molecule has 0 aliphatic carbocycles. The number of para-hydroxylation sites is 1. The number of methoxy groups -OCH3 is 2. The minimum atomic E-state index is -2.60. The third-order valence-electron chi connectivity index (χ3n) is 6.40. The van der Waals surface area contributed by atoms with Crippen molar-refractivity contribution in [3.8, 4) is 11.5 Å². The molecule has 2 N–H and O–H groups in total. The zero-order valence-corrected chi connectivity index (χ0v) is 21.3. The maximum absolute atomic E-state index is 11.8. The summed E-state index contributed by atoms with van der Waals surface area (Å²) < 4.78 is 34.7. The zero-order chi connectivity index (χ0) is 24.8. The number of ether oxygens (including phenoxy) is 2. The maximum atomic E-state index is 11.8. The van der Waals surface area contributed by atoms with E-state index in [0.717, 1.165) is 71.4 Å². The average molecular weight is 496 g/mol. The maximum Gasteiger partial charge on any atom is 0.144 e. The summed E-state index contributed by atoms with van der Waals surface area (Å²) in [5.74, 6) is 1.39. The van der Waals surface area contributed by atoms with Crippen LogP contribution in [-0.4, -0.2) is 48.8 Å². The third-order valence-corrected chi connectivity index (χ3v) is 7.00. The second-order valence-corrected chi connectivity index (χ2v) is 9.64. The van der Waals surface area contributed by atoms with E-state index in [1.54, 1.807) is 14.2 Å². The highest BCUT2D eigenvalue weighted by molar-refractivity contribution is 7.71. The summed E-state index contributed by atoms with van der Waals surface area (Å²) in [5, 5.41) is 6.87. The van der Waals surface area contributed by atoms with Gasteiger partial charge in [-0.25, -0.2) is 8.42 Å². The Labute approximate surface area is 209 Å². The molecule has 3 aromatic carbocycles. The van der Waals surface area contributed by atoms with E-state index in [9.17, 15) is 8.42 Å². The highest BCUT2D eigenvalue weighted by Gasteiger charge is 2.23. The molecule has 4 rings (SSSR count). The van der Waals surface area contributed by atoms with Gasteiger partial charge in [-0.1, -0.05) is 31.2 Å². The van der Waals surface area contributed by atoms with E-state index in [1.165, 1.54) is 0 Å². The number of rotatable bonds is 9. The SMILES string of the molecule is COc1cc(OC)cc(C(C)c2cc(C[SH](=O)=O)c(Nc3ccccc3)cc2N2CCNCC2)c1. The minimum absolute atomic E-state index is 0.0158. The largest absolute Gasteiger partial charge is 0.497 e. The van der Waals surface area contributed by atoms with Crippen molar-refractivity contribution in [2.24, 2.45) is 0 Å². The number of nitrogens with one attached hydrogen (secondary N) is 2. The Morgan fingerprint density at radius 2 is 1.63 bits per heavy atom. The van der Waals surface area contributed by atoms with Crippen molar-refractivity contribution in [1.82, 2.24) is 5.32 Å². The summed E-state index contributed by atoms with van der Waals surface area (Å²) in [4.78, 5) is 2.37. The molecule has 8 heteroatoms. The third kappa shape index (κ3) is 6.07. The Balaban J connectivity index is 1.85. The first-order valence-electron chi connectivity index (χ1n) is 11.8. The van der Waals surface area contributed by atoms with Gasteiger partial charge in [0.25, 0.3) is 0 Å². The van der Waals surface area contributed by atoms with Crippen LogP contribution in [-0.2, 0) is 16.5 Å². The molecule has 1 unspecified atom stereocenters. The molecule has 0 spiro atoms. The normalized spacial score (nSPS) is 14.6. The Morgan fingerprint density at radius 1 is 0.971 bits per heavy atom. The molecule has 3 aromatic rings. The first kappa shape index (κ1) is 24.9. The van der Waals surface area contributed by atoms with Crippen molar-refractivity contribution in [1.29, 1.82) is 0 Å². The highest BCUT2D eigenvalue weighted by Crippen LogP contribution is 2.39. The molecule has 0 aromatic heterocycles. The molecule has 1 saturated heterocycles. The van der Waals surface area contributed by atoms with E-state index in [-0.39, 0.29) is 11.7 Å². The molecule has 1 aliphatic heterocycles. The van der Waals surface area contributed by atoms with Crippen LogP contribution in [0.1, 0.15) is 29.5 Å². The molecule has 186 valence electrons. The molecule has 7 nitrogen and oxygen atoms in total. The van der Waals surface area contributed by atoms with Gasteiger partial charge in [0.05, 0.1) is 20.0 Å². The molecule has 1 heterocycles. The number of benzene rings is 3. The summed E-state index contributed by atoms with van der Waals surface area (Å²) in [6, 6.07) is 19.9. The van der Waals surface area contributed by atoms with Crippen molar-refractivity contribution in [2.45, 2.75) is 18.6 Å². The van der Waals surface area contributed by atoms with Crippen LogP contribution in [0.15, 0.2) is 60.7 Å². The summed E-state index contributed by atoms with van der Waals surface area (Å²) in [6.07, 6.45) is 0. The monoisotopic (exact) mass is 495 g/mol. The minimum Gasteiger partial charge on any atom is -0.497 e. The molecule has 35 heavy (non-hydrogen) atoms. The van der Waals surface area contributed by atoms with Crippen LogP contribution in [0.5, 0.6) is 11.5 Å². The van der Waals surface area contributed by atoms with Crippen LogP contribution in [0.25, 0.3) is 0 Å². The standard InChI is InChI=1S/C27H33N3O4S/c1-19(20-13-23(33-2)16-24(14-20)34-3)25-15-21(18-35(31)32)26(29-22-7-5-4-6-8-22)17-27(25)30-11-9-28-10-12-30/h4-8,13-17,19,28-29,35H,9-12,18H2,1-3H3. The second-order valence-electron chi connectivity index (χ2n) is 8.65. The predicted octanol–water partition coefficient (Wildman–Crippen LogP) is 4.12. The lowest BCUT2D eigenvalue weighted by atomic mass is 9.89. The fourth-order valence-corrected chi connectivity index (χ4v) is 5.04. The number of hydrogen-bond donors (Lipinski definition) is 3. The van der Waals surface area contributed by atoms with E-state index in [1.807, 2.05) is 54.6 Å². The fourth-order valence-electron chi connectivity index (χ4n) is 4.50. The topological polar surface area (TPSA) is 79.9 Å². The van der Waals surface area contributed by atoms with Crippen LogP contribution in [0.2, 0.25) is 0 Å². The van der Waals surface area contributed by atoms with Crippen molar-refractivity contribution in [3.05, 3.63) is 77.4 Å². The first-order valence-corrected chi connectivity index (χ1v) is 13.1. The van der Waals surface area contributed by atoms with Crippen LogP contribution >= 0.6 is 0 Å². The lowest BCUT2D eigenvalue weighted by molar-refractivity contribution is 0.393. The van der Waals surface area contributed by atoms with Gasteiger partial charge in [0.2, 0.25) is 0 Å². The van der Waals surface area contributed by atoms with Gasteiger partial charge in [-0.2, -0.15) is 0 Å². The zero-order valence-electron chi connectivity index (χ0n) is 20.4. The van der Waals surface area contributed by atoms with Crippen molar-refractivity contribution >= 4 is 27.8 Å². The quantitative estimate of drug-likeness (QED) is 0.386. The van der Waals surface area contributed by atoms with Gasteiger partial charge in [-0.05, 0) is 47.0 Å². The van der Waals surface area contributed by atoms with Crippen LogP contribution in [0.3, 0.4) is 0 Å². The molecule has 1 atom stereocenters. The molecule has 0 amide bonds. The van der Waals surface area contributed by atoms with Gasteiger partial charge >= 0.3 is 0 Å². The van der Waals surface area contributed by atoms with E-state index < -0.39 is 10.7 Å². The molecule has 1 aliphatic rings. The number of piperazine rings is 1. The Kier molecular flexibility index (Phi) is 8.15. The lowest BCUT2D eigenvalue weighted by Crippen LogP contribution is -2.44. The van der Waals surface area contributed by atoms with E-state index in [0.29, 0.717) is 0 Å². The highest BCUT2D eigenvalue weighted by atomic mass is 32.2. The molecular formula is C27H33N3O4S. The number of hydrogen-bond acceptors (Lipinski definition) is 7. The number of nitrogens with zero attached hydrogens (tertiary/aromatic N) is 1. The Hall–Kier alpha value is -3.23. The second kappa shape index (κ2) is 11.5. The smallest absolute Gasteiger partial charge is 0.144 e. The van der Waals surface area contributed by atoms with Crippen molar-refractivity contribution < 1.29 is 17.9 Å². The van der Waals surface area contributed by atoms with Gasteiger partial charge in [-0.3, -0.25) is 0 Å². The summed E-state index contributed by atoms with van der Waals surface area (Å²) in [7, 11) is 0.686. The van der Waals surface area contributed by atoms with Gasteiger partial charge in [-0.15, -0.1) is 0 Å². The summed E-state index contributed by atoms with van der Waals surface area (Å²) >= 11 is 0. The summed E-state index contributed by atoms with van der Waals surface area (Å²) in [5.41, 5.74) is 5.69. The molecule has 0 radical (unpaired) electrons. The van der Waals surface area contributed by atoms with Crippen molar-refractivity contribution in [3.63, 3.8) is 0 Å². The lowest BCUT2D eigenvalue weighted by Gasteiger charge is -2.33. The predicted molar refractivity (Wildman–Crippen MR) is 142 cm³/mol. The van der Waals surface area contributed by atoms with Crippen LogP contribution in [0.4, 0.5) is 17.1 Å². The average Bonchev–Trinajstić information content (AvgIpc) is 2.89. The Morgan fingerprint density at radius 3 is 2.23 bits per heavy atom. The molecular weight excluding hydrogens is 462 g/mol. The number of thiol groups is 1. The van der Waals surface area contributed by atoms with Crippen molar-refractivity contribution in [2.75, 3.05) is 50.6 Å². The molecule has 0 saturated carbocycles. The summed E-state index contributed by atoms with van der Waals surface area (Å²) in [6.45, 7) is 5.69. The van der Waals surface area contributed by atoms with Gasteiger partial charge in [0.15, 0.2) is 0 Å². The van der Waals surface area contributed by atoms with Gasteiger partial charge in [0, 0.05) is 55.2 Å². The van der Waals surface area contributed by atoms with E-state index >= 15 is 0 Å². The van der Waals surface area contributed by atoms with Crippen LogP contribution < -0.4 is 25.0 Å². The molecule has 0 bridgehead atoms. The van der Waals surface area contributed by atoms with E-state index in [2.05, 4.69) is 28.5 Å². The van der Waals surface area contributed by atoms with E-state index in [4.69, 9.17) is 9.47 Å². The fraction of sp³-hybridized carbons (Fsp3) is 0.333. The van der Waals surface area contributed by atoms with Gasteiger partial charge in [0.1, 0.15) is 22.2 Å². The first-order chi connectivity index (χ1) is 17.0. The van der Waals surface area contributed by atoms with Crippen LogP contribution in [0, 0.1) is 0 Å². The molecule has 1 fully saturated rings. The Bertz CT molecular complexity index is 1190. The number of anilines is 3. The van der Waals surface area contributed by atoms with Gasteiger partial charge < -0.3 is 25.0 Å².